The third kappa shape index (κ3) is 1.94. The van der Waals surface area contributed by atoms with Crippen molar-refractivity contribution in [3.63, 3.8) is 0 Å². The lowest BCUT2D eigenvalue weighted by Gasteiger charge is -2.10. The molecule has 0 amide bonds. The Bertz CT molecular complexity index is 312. The van der Waals surface area contributed by atoms with Crippen LogP contribution in [0, 0.1) is 0 Å². The maximum absolute atomic E-state index is 5.70. The molecule has 0 bridgehead atoms. The smallest absolute Gasteiger partial charge is 0.147 e. The molecule has 0 aromatic carbocycles. The molecule has 0 unspecified atom stereocenters. The highest BCUT2D eigenvalue weighted by Crippen LogP contribution is 2.34. The van der Waals surface area contributed by atoms with Gasteiger partial charge in [0, 0.05) is 19.3 Å². The predicted octanol–water partition coefficient (Wildman–Crippen LogP) is 2.43. The van der Waals surface area contributed by atoms with E-state index in [2.05, 4.69) is 26.2 Å². The Morgan fingerprint density at radius 3 is 3.00 bits per heavy atom. The Balaban J connectivity index is 2.25. The predicted molar refractivity (Wildman–Crippen MR) is 55.1 cm³/mol. The third-order valence-corrected chi connectivity index (χ3v) is 2.54. The summed E-state index contributed by atoms with van der Waals surface area (Å²) in [4.78, 5) is 4.11. The average Bonchev–Trinajstić information content (AvgIpc) is 2.89. The third-order valence-electron chi connectivity index (χ3n) is 1.93. The van der Waals surface area contributed by atoms with E-state index in [4.69, 9.17) is 4.74 Å². The Hall–Kier alpha value is -0.770. The fraction of sp³-hybridized carbons (Fsp3) is 0.444. The molecule has 0 atom stereocenters. The van der Waals surface area contributed by atoms with Crippen LogP contribution in [0.25, 0.3) is 0 Å². The van der Waals surface area contributed by atoms with Gasteiger partial charge in [-0.25, -0.2) is 4.98 Å². The van der Waals surface area contributed by atoms with E-state index < -0.39 is 0 Å². The minimum absolute atomic E-state index is 0.418. The Kier molecular flexibility index (Phi) is 2.40. The maximum Gasteiger partial charge on any atom is 0.147 e. The van der Waals surface area contributed by atoms with Gasteiger partial charge in [0.1, 0.15) is 16.0 Å². The zero-order valence-electron chi connectivity index (χ0n) is 7.38. The summed E-state index contributed by atoms with van der Waals surface area (Å²) in [5.74, 6) is 0.881. The second-order valence-corrected chi connectivity index (χ2v) is 3.79. The topological polar surface area (TPSA) is 34.1 Å². The number of anilines is 1. The van der Waals surface area contributed by atoms with Crippen molar-refractivity contribution in [3.05, 3.63) is 16.9 Å². The first-order valence-corrected chi connectivity index (χ1v) is 5.09. The van der Waals surface area contributed by atoms with Gasteiger partial charge < -0.3 is 10.1 Å². The number of ether oxygens (including phenoxy) is 1. The molecule has 0 aliphatic heterocycles. The minimum atomic E-state index is 0.418. The molecule has 1 aliphatic carbocycles. The molecule has 4 heteroatoms. The number of aromatic nitrogens is 1. The van der Waals surface area contributed by atoms with E-state index in [9.17, 15) is 0 Å². The number of nitrogens with zero attached hydrogens (tertiary/aromatic N) is 1. The molecule has 70 valence electrons. The minimum Gasteiger partial charge on any atom is -0.488 e. The second-order valence-electron chi connectivity index (χ2n) is 3.04. The lowest BCUT2D eigenvalue weighted by molar-refractivity contribution is 0.304. The summed E-state index contributed by atoms with van der Waals surface area (Å²) < 4.78 is 6.49. The molecule has 1 aromatic heterocycles. The number of rotatable bonds is 3. The van der Waals surface area contributed by atoms with Crippen molar-refractivity contribution in [2.45, 2.75) is 18.9 Å². The van der Waals surface area contributed by atoms with Gasteiger partial charge in [-0.3, -0.25) is 0 Å². The Labute approximate surface area is 85.6 Å². The van der Waals surface area contributed by atoms with Crippen LogP contribution in [-0.2, 0) is 0 Å². The van der Waals surface area contributed by atoms with Crippen LogP contribution in [0.2, 0.25) is 0 Å². The van der Waals surface area contributed by atoms with Crippen molar-refractivity contribution in [1.82, 2.24) is 4.98 Å². The first-order chi connectivity index (χ1) is 6.31. The fourth-order valence-corrected chi connectivity index (χ4v) is 1.62. The van der Waals surface area contributed by atoms with E-state index in [1.165, 1.54) is 12.8 Å². The Morgan fingerprint density at radius 1 is 1.62 bits per heavy atom. The number of pyridine rings is 1. The molecular formula is C9H11BrN2O. The van der Waals surface area contributed by atoms with Crippen molar-refractivity contribution < 1.29 is 4.74 Å². The highest BCUT2D eigenvalue weighted by molar-refractivity contribution is 9.10. The van der Waals surface area contributed by atoms with E-state index in [1.807, 2.05) is 13.1 Å². The zero-order chi connectivity index (χ0) is 9.26. The number of hydrogen-bond acceptors (Lipinski definition) is 3. The van der Waals surface area contributed by atoms with Crippen LogP contribution in [0.5, 0.6) is 5.75 Å². The average molecular weight is 243 g/mol. The van der Waals surface area contributed by atoms with Gasteiger partial charge in [-0.2, -0.15) is 0 Å². The summed E-state index contributed by atoms with van der Waals surface area (Å²) >= 11 is 3.36. The van der Waals surface area contributed by atoms with Crippen molar-refractivity contribution in [1.29, 1.82) is 0 Å². The molecule has 0 radical (unpaired) electrons. The molecule has 2 rings (SSSR count). The number of halogens is 1. The van der Waals surface area contributed by atoms with Gasteiger partial charge in [0.15, 0.2) is 0 Å². The van der Waals surface area contributed by atoms with E-state index in [0.29, 0.717) is 6.10 Å². The van der Waals surface area contributed by atoms with Crippen LogP contribution in [-0.4, -0.2) is 18.1 Å². The van der Waals surface area contributed by atoms with Gasteiger partial charge in [-0.05, 0) is 28.8 Å². The molecule has 1 N–H and O–H groups in total. The van der Waals surface area contributed by atoms with E-state index >= 15 is 0 Å². The fourth-order valence-electron chi connectivity index (χ4n) is 1.11. The van der Waals surface area contributed by atoms with Gasteiger partial charge in [0.05, 0.1) is 6.10 Å². The van der Waals surface area contributed by atoms with Crippen LogP contribution < -0.4 is 10.1 Å². The van der Waals surface area contributed by atoms with Crippen LogP contribution in [0.15, 0.2) is 16.9 Å². The largest absolute Gasteiger partial charge is 0.488 e. The molecule has 1 aliphatic rings. The first-order valence-electron chi connectivity index (χ1n) is 4.30. The zero-order valence-corrected chi connectivity index (χ0v) is 8.97. The standard InChI is InChI=1S/C9H11BrN2O/c1-11-8-7(13-6-2-3-6)4-5-12-9(8)10/h4-6,11H,2-3H2,1H3. The van der Waals surface area contributed by atoms with Crippen molar-refractivity contribution in [2.75, 3.05) is 12.4 Å². The molecule has 1 aromatic rings. The van der Waals surface area contributed by atoms with E-state index in [0.717, 1.165) is 16.0 Å². The van der Waals surface area contributed by atoms with Crippen LogP contribution in [0.3, 0.4) is 0 Å². The number of nitrogens with one attached hydrogen (secondary N) is 1. The highest BCUT2D eigenvalue weighted by atomic mass is 79.9. The summed E-state index contributed by atoms with van der Waals surface area (Å²) in [7, 11) is 1.86. The maximum atomic E-state index is 5.70. The van der Waals surface area contributed by atoms with Gasteiger partial charge in [0.25, 0.3) is 0 Å². The lowest BCUT2D eigenvalue weighted by Crippen LogP contribution is -2.01. The quantitative estimate of drug-likeness (QED) is 0.828. The number of hydrogen-bond donors (Lipinski definition) is 1. The second kappa shape index (κ2) is 3.54. The first kappa shape index (κ1) is 8.81. The lowest BCUT2D eigenvalue weighted by atomic mass is 10.4. The molecule has 3 nitrogen and oxygen atoms in total. The van der Waals surface area contributed by atoms with Gasteiger partial charge >= 0.3 is 0 Å². The van der Waals surface area contributed by atoms with Gasteiger partial charge in [0.2, 0.25) is 0 Å². The van der Waals surface area contributed by atoms with Crippen LogP contribution in [0.4, 0.5) is 5.69 Å². The molecule has 0 saturated heterocycles. The van der Waals surface area contributed by atoms with E-state index in [1.54, 1.807) is 6.20 Å². The molecule has 0 spiro atoms. The van der Waals surface area contributed by atoms with Crippen molar-refractivity contribution in [3.8, 4) is 5.75 Å². The summed E-state index contributed by atoms with van der Waals surface area (Å²) in [6.07, 6.45) is 4.50. The van der Waals surface area contributed by atoms with Gasteiger partial charge in [-0.15, -0.1) is 0 Å². The molecule has 13 heavy (non-hydrogen) atoms. The van der Waals surface area contributed by atoms with Gasteiger partial charge in [-0.1, -0.05) is 0 Å². The Morgan fingerprint density at radius 2 is 2.38 bits per heavy atom. The molecule has 1 heterocycles. The monoisotopic (exact) mass is 242 g/mol. The summed E-state index contributed by atoms with van der Waals surface area (Å²) in [6.45, 7) is 0. The van der Waals surface area contributed by atoms with Crippen molar-refractivity contribution >= 4 is 21.6 Å². The molecule has 1 saturated carbocycles. The molecular weight excluding hydrogens is 232 g/mol. The highest BCUT2D eigenvalue weighted by Gasteiger charge is 2.24. The summed E-state index contributed by atoms with van der Waals surface area (Å²) in [5, 5.41) is 3.06. The van der Waals surface area contributed by atoms with Crippen molar-refractivity contribution in [2.24, 2.45) is 0 Å². The summed E-state index contributed by atoms with van der Waals surface area (Å²) in [6, 6.07) is 1.88. The summed E-state index contributed by atoms with van der Waals surface area (Å²) in [5.41, 5.74) is 0.925. The van der Waals surface area contributed by atoms with E-state index in [-0.39, 0.29) is 0 Å². The molecule has 1 fully saturated rings. The van der Waals surface area contributed by atoms with Crippen LogP contribution in [0.1, 0.15) is 12.8 Å². The SMILES string of the molecule is CNc1c(OC2CC2)ccnc1Br. The normalized spacial score (nSPS) is 15.5. The van der Waals surface area contributed by atoms with Crippen LogP contribution >= 0.6 is 15.9 Å².